The Balaban J connectivity index is 1.59. The van der Waals surface area contributed by atoms with Crippen LogP contribution in [0.25, 0.3) is 0 Å². The molecule has 36 heavy (non-hydrogen) atoms. The zero-order valence-electron chi connectivity index (χ0n) is 20.6. The summed E-state index contributed by atoms with van der Waals surface area (Å²) in [5.41, 5.74) is 4.94. The highest BCUT2D eigenvalue weighted by molar-refractivity contribution is 8.15. The molecule has 0 bridgehead atoms. The molecule has 0 unspecified atom stereocenters. The summed E-state index contributed by atoms with van der Waals surface area (Å²) < 4.78 is 32.8. The number of halogens is 2. The summed E-state index contributed by atoms with van der Waals surface area (Å²) in [5.74, 6) is -1.17. The van der Waals surface area contributed by atoms with Crippen molar-refractivity contribution in [3.05, 3.63) is 53.2 Å². The minimum atomic E-state index is -1.13. The van der Waals surface area contributed by atoms with E-state index in [-0.39, 0.29) is 40.5 Å². The van der Waals surface area contributed by atoms with E-state index in [9.17, 15) is 14.0 Å². The first-order valence-electron chi connectivity index (χ1n) is 11.6. The van der Waals surface area contributed by atoms with Crippen molar-refractivity contribution >= 4 is 28.6 Å². The van der Waals surface area contributed by atoms with Gasteiger partial charge in [-0.25, -0.2) is 18.7 Å². The number of benzene rings is 1. The number of Topliss-reactive ketones (excluding diaryl/α,β-unsaturated/α-hetero) is 1. The average molecular weight is 518 g/mol. The fourth-order valence-corrected chi connectivity index (χ4v) is 5.92. The summed E-state index contributed by atoms with van der Waals surface area (Å²) in [5, 5.41) is 2.90. The van der Waals surface area contributed by atoms with Crippen LogP contribution in [0.4, 0.5) is 8.78 Å². The van der Waals surface area contributed by atoms with Gasteiger partial charge in [-0.3, -0.25) is 14.6 Å². The molecule has 1 aliphatic carbocycles. The fraction of sp³-hybridized carbons (Fsp3) is 0.480. The summed E-state index contributed by atoms with van der Waals surface area (Å²) >= 11 is 1.13. The lowest BCUT2D eigenvalue weighted by atomic mass is 9.84. The number of nitrogens with one attached hydrogen (secondary N) is 1. The number of carbonyl (C=O) groups excluding carboxylic acids is 2. The molecule has 1 amide bonds. The van der Waals surface area contributed by atoms with E-state index in [0.29, 0.717) is 24.5 Å². The Labute approximate surface area is 212 Å². The molecule has 3 atom stereocenters. The van der Waals surface area contributed by atoms with E-state index in [0.717, 1.165) is 11.8 Å². The summed E-state index contributed by atoms with van der Waals surface area (Å²) in [6.07, 6.45) is 3.11. The quantitative estimate of drug-likeness (QED) is 0.490. The number of hydrogen-bond acceptors (Lipinski definition) is 8. The van der Waals surface area contributed by atoms with Crippen LogP contribution in [0.3, 0.4) is 0 Å². The van der Waals surface area contributed by atoms with Gasteiger partial charge in [0.1, 0.15) is 22.9 Å². The number of nitrogens with zero attached hydrogens (tertiary/aromatic N) is 3. The molecular formula is C25H29F2N5O3S. The number of amides is 1. The number of aliphatic imine (C=N–C) groups is 1. The maximum absolute atomic E-state index is 15.2. The molecule has 1 fully saturated rings. The largest absolute Gasteiger partial charge is 0.477 e. The van der Waals surface area contributed by atoms with Gasteiger partial charge in [-0.1, -0.05) is 17.8 Å². The van der Waals surface area contributed by atoms with Crippen LogP contribution in [-0.2, 0) is 16.8 Å². The third-order valence-corrected chi connectivity index (χ3v) is 7.84. The van der Waals surface area contributed by atoms with Crippen LogP contribution >= 0.6 is 11.8 Å². The first-order valence-corrected chi connectivity index (χ1v) is 12.5. The van der Waals surface area contributed by atoms with E-state index >= 15 is 4.39 Å². The van der Waals surface area contributed by atoms with Crippen LogP contribution in [0, 0.1) is 11.7 Å². The molecular weight excluding hydrogens is 488 g/mol. The highest BCUT2D eigenvalue weighted by Crippen LogP contribution is 2.66. The molecule has 8 nitrogen and oxygen atoms in total. The molecule has 1 aromatic carbocycles. The third kappa shape index (κ3) is 4.80. The molecule has 2 aliphatic rings. The van der Waals surface area contributed by atoms with Gasteiger partial charge in [-0.2, -0.15) is 0 Å². The Morgan fingerprint density at radius 1 is 1.31 bits per heavy atom. The van der Waals surface area contributed by atoms with Gasteiger partial charge >= 0.3 is 0 Å². The van der Waals surface area contributed by atoms with Crippen LogP contribution in [-0.4, -0.2) is 50.4 Å². The second-order valence-electron chi connectivity index (χ2n) is 9.90. The van der Waals surface area contributed by atoms with Crippen molar-refractivity contribution in [3.63, 3.8) is 0 Å². The first-order chi connectivity index (χ1) is 16.9. The van der Waals surface area contributed by atoms with E-state index in [1.165, 1.54) is 24.5 Å². The number of aromatic nitrogens is 2. The predicted molar refractivity (Wildman–Crippen MR) is 133 cm³/mol. The Hall–Kier alpha value is -3.08. The van der Waals surface area contributed by atoms with Crippen LogP contribution in [0.15, 0.2) is 35.6 Å². The van der Waals surface area contributed by atoms with Gasteiger partial charge in [0.25, 0.3) is 0 Å². The van der Waals surface area contributed by atoms with E-state index < -0.39 is 28.3 Å². The van der Waals surface area contributed by atoms with Crippen molar-refractivity contribution < 1.29 is 23.1 Å². The van der Waals surface area contributed by atoms with E-state index in [4.69, 9.17) is 10.5 Å². The Kier molecular flexibility index (Phi) is 6.80. The lowest BCUT2D eigenvalue weighted by molar-refractivity contribution is -0.123. The minimum Gasteiger partial charge on any atom is -0.477 e. The molecule has 1 aliphatic heterocycles. The summed E-state index contributed by atoms with van der Waals surface area (Å²) in [6.45, 7) is 6.45. The number of alkyl halides is 1. The normalized spacial score (nSPS) is 24.9. The first kappa shape index (κ1) is 26.0. The maximum atomic E-state index is 15.2. The standard InChI is InChI=1S/C25H29F2N5O3S/c1-5-35-20-12-29-17(11-30-20)18(33)9-14-6-7-16(27)15(8-14)24(4)19-10-25(19,36-22(28)32-24)21(34)31-23(2,3)13-26/h6-8,11-12,19H,5,9-10,13H2,1-4H3,(H2,28,32)(H,31,34)/t19-,24+,25-/m0/s1. The van der Waals surface area contributed by atoms with Crippen molar-refractivity contribution in [1.82, 2.24) is 15.3 Å². The number of ether oxygens (including phenoxy) is 1. The van der Waals surface area contributed by atoms with Crippen LogP contribution in [0.5, 0.6) is 5.88 Å². The smallest absolute Gasteiger partial charge is 0.237 e. The number of rotatable bonds is 9. The summed E-state index contributed by atoms with van der Waals surface area (Å²) in [7, 11) is 0. The molecule has 0 radical (unpaired) electrons. The Morgan fingerprint density at radius 3 is 2.69 bits per heavy atom. The Morgan fingerprint density at radius 2 is 2.06 bits per heavy atom. The molecule has 0 spiro atoms. The lowest BCUT2D eigenvalue weighted by Gasteiger charge is -2.35. The Bertz CT molecular complexity index is 1220. The number of fused-ring (bicyclic) bond motifs is 1. The van der Waals surface area contributed by atoms with Crippen LogP contribution < -0.4 is 15.8 Å². The van der Waals surface area contributed by atoms with Crippen LogP contribution in [0.1, 0.15) is 55.7 Å². The fourth-order valence-electron chi connectivity index (χ4n) is 4.55. The number of thioether (sulfide) groups is 1. The lowest BCUT2D eigenvalue weighted by Crippen LogP contribution is -2.52. The van der Waals surface area contributed by atoms with E-state index in [1.807, 2.05) is 6.92 Å². The highest BCUT2D eigenvalue weighted by atomic mass is 32.2. The van der Waals surface area contributed by atoms with Gasteiger partial charge in [0.2, 0.25) is 11.8 Å². The summed E-state index contributed by atoms with van der Waals surface area (Å²) in [6, 6.07) is 4.41. The van der Waals surface area contributed by atoms with Gasteiger partial charge in [0.05, 0.1) is 30.1 Å². The molecule has 1 aromatic heterocycles. The average Bonchev–Trinajstić information content (AvgIpc) is 3.57. The summed E-state index contributed by atoms with van der Waals surface area (Å²) in [4.78, 5) is 38.7. The van der Waals surface area contributed by atoms with Crippen molar-refractivity contribution in [1.29, 1.82) is 0 Å². The number of amidine groups is 1. The monoisotopic (exact) mass is 517 g/mol. The predicted octanol–water partition coefficient (Wildman–Crippen LogP) is 3.34. The van der Waals surface area contributed by atoms with Gasteiger partial charge in [0, 0.05) is 17.9 Å². The van der Waals surface area contributed by atoms with E-state index in [1.54, 1.807) is 26.8 Å². The topological polar surface area (TPSA) is 120 Å². The maximum Gasteiger partial charge on any atom is 0.237 e. The number of ketones is 1. The van der Waals surface area contributed by atoms with Gasteiger partial charge in [-0.05, 0) is 51.8 Å². The minimum absolute atomic E-state index is 0.0268. The van der Waals surface area contributed by atoms with Gasteiger partial charge in [-0.15, -0.1) is 0 Å². The van der Waals surface area contributed by atoms with Gasteiger partial charge < -0.3 is 15.8 Å². The zero-order valence-corrected chi connectivity index (χ0v) is 21.4. The number of hydrogen-bond donors (Lipinski definition) is 2. The molecule has 0 saturated heterocycles. The van der Waals surface area contributed by atoms with Crippen molar-refractivity contribution in [3.8, 4) is 5.88 Å². The zero-order chi connectivity index (χ0) is 26.3. The van der Waals surface area contributed by atoms with E-state index in [2.05, 4.69) is 20.3 Å². The van der Waals surface area contributed by atoms with Crippen LogP contribution in [0.2, 0.25) is 0 Å². The van der Waals surface area contributed by atoms with Crippen molar-refractivity contribution in [2.75, 3.05) is 13.3 Å². The second kappa shape index (κ2) is 9.42. The van der Waals surface area contributed by atoms with Crippen molar-refractivity contribution in [2.24, 2.45) is 16.6 Å². The highest BCUT2D eigenvalue weighted by Gasteiger charge is 2.71. The molecule has 192 valence electrons. The van der Waals surface area contributed by atoms with Gasteiger partial charge in [0.15, 0.2) is 11.0 Å². The molecule has 2 aromatic rings. The SMILES string of the molecule is CCOc1cnc(C(=O)Cc2ccc(F)c([C@@]3(C)N=C(N)S[C@@]4(C(=O)NC(C)(C)CF)C[C@H]43)c2)cn1. The molecule has 3 N–H and O–H groups in total. The number of carbonyl (C=O) groups is 2. The molecule has 11 heteroatoms. The van der Waals surface area contributed by atoms with Crippen molar-refractivity contribution in [2.45, 2.75) is 56.4 Å². The third-order valence-electron chi connectivity index (χ3n) is 6.53. The molecule has 2 heterocycles. The number of nitrogens with two attached hydrogens (primary N) is 1. The molecule has 1 saturated carbocycles. The second-order valence-corrected chi connectivity index (χ2v) is 11.3. The molecule has 4 rings (SSSR count).